The lowest BCUT2D eigenvalue weighted by Crippen LogP contribution is -2.54. The van der Waals surface area contributed by atoms with E-state index in [1.807, 2.05) is 6.07 Å². The van der Waals surface area contributed by atoms with Crippen LogP contribution in [-0.4, -0.2) is 70.6 Å². The summed E-state index contributed by atoms with van der Waals surface area (Å²) >= 11 is 9.86. The molecule has 5 rings (SSSR count). The number of carbonyl (C=O) groups is 4. The summed E-state index contributed by atoms with van der Waals surface area (Å²) in [5.74, 6) is -1.98. The molecule has 1 aromatic heterocycles. The third-order valence-electron chi connectivity index (χ3n) is 6.43. The van der Waals surface area contributed by atoms with Crippen LogP contribution in [0.1, 0.15) is 39.1 Å². The lowest BCUT2D eigenvalue weighted by molar-refractivity contribution is -0.136. The fraction of sp³-hybridized carbons (Fsp3) is 0.348. The van der Waals surface area contributed by atoms with Gasteiger partial charge in [-0.1, -0.05) is 17.7 Å². The molecule has 1 N–H and O–H groups in total. The van der Waals surface area contributed by atoms with Crippen molar-refractivity contribution in [3.63, 3.8) is 0 Å². The maximum atomic E-state index is 13.0. The van der Waals surface area contributed by atoms with E-state index in [9.17, 15) is 19.2 Å². The normalized spacial score (nSPS) is 21.2. The van der Waals surface area contributed by atoms with Crippen LogP contribution in [0.2, 0.25) is 5.02 Å². The van der Waals surface area contributed by atoms with Crippen LogP contribution in [0.4, 0.5) is 5.69 Å². The molecule has 3 aliphatic heterocycles. The SMILES string of the molecule is O=C1CCC(N2C(=O)c3ccc(CN4CCN(c5c(Cl)cncc5Br)CC4)cc3C2=O)C(=O)N1. The zero-order valence-corrected chi connectivity index (χ0v) is 20.4. The summed E-state index contributed by atoms with van der Waals surface area (Å²) in [5.41, 5.74) is 2.45. The van der Waals surface area contributed by atoms with Crippen LogP contribution in [0.3, 0.4) is 0 Å². The van der Waals surface area contributed by atoms with Gasteiger partial charge >= 0.3 is 0 Å². The lowest BCUT2D eigenvalue weighted by Gasteiger charge is -2.36. The van der Waals surface area contributed by atoms with Gasteiger partial charge in [0.25, 0.3) is 11.8 Å². The molecule has 176 valence electrons. The predicted molar refractivity (Wildman–Crippen MR) is 128 cm³/mol. The number of piperidine rings is 1. The Morgan fingerprint density at radius 3 is 2.47 bits per heavy atom. The van der Waals surface area contributed by atoms with Gasteiger partial charge in [0.05, 0.1) is 26.3 Å². The number of hydrogen-bond acceptors (Lipinski definition) is 7. The molecule has 34 heavy (non-hydrogen) atoms. The van der Waals surface area contributed by atoms with Gasteiger partial charge in [-0.25, -0.2) is 0 Å². The van der Waals surface area contributed by atoms with Gasteiger partial charge in [-0.3, -0.25) is 39.3 Å². The molecule has 1 unspecified atom stereocenters. The molecule has 1 aromatic carbocycles. The highest BCUT2D eigenvalue weighted by atomic mass is 79.9. The van der Waals surface area contributed by atoms with E-state index in [-0.39, 0.29) is 18.7 Å². The van der Waals surface area contributed by atoms with Crippen molar-refractivity contribution >= 4 is 56.8 Å². The first-order valence-electron chi connectivity index (χ1n) is 10.9. The van der Waals surface area contributed by atoms with Crippen LogP contribution in [-0.2, 0) is 16.1 Å². The molecule has 0 radical (unpaired) electrons. The third kappa shape index (κ3) is 4.10. The summed E-state index contributed by atoms with van der Waals surface area (Å²) in [6.07, 6.45) is 3.61. The topological polar surface area (TPSA) is 103 Å². The van der Waals surface area contributed by atoms with Crippen molar-refractivity contribution in [1.29, 1.82) is 0 Å². The number of carbonyl (C=O) groups excluding carboxylic acids is 4. The lowest BCUT2D eigenvalue weighted by atomic mass is 10.0. The number of amides is 4. The zero-order valence-electron chi connectivity index (χ0n) is 18.1. The average Bonchev–Trinajstić information content (AvgIpc) is 3.05. The second-order valence-electron chi connectivity index (χ2n) is 8.54. The van der Waals surface area contributed by atoms with E-state index in [4.69, 9.17) is 11.6 Å². The van der Waals surface area contributed by atoms with Gasteiger partial charge in [-0.15, -0.1) is 0 Å². The molecular weight excluding hydrogens is 526 g/mol. The van der Waals surface area contributed by atoms with Crippen molar-refractivity contribution < 1.29 is 19.2 Å². The van der Waals surface area contributed by atoms with Crippen LogP contribution >= 0.6 is 27.5 Å². The first-order chi connectivity index (χ1) is 16.3. The first-order valence-corrected chi connectivity index (χ1v) is 12.1. The number of pyridine rings is 1. The number of nitrogens with zero attached hydrogens (tertiary/aromatic N) is 4. The summed E-state index contributed by atoms with van der Waals surface area (Å²) in [5, 5.41) is 2.81. The minimum Gasteiger partial charge on any atom is -0.367 e. The van der Waals surface area contributed by atoms with E-state index in [0.717, 1.165) is 46.8 Å². The molecule has 0 bridgehead atoms. The van der Waals surface area contributed by atoms with Gasteiger partial charge in [-0.05, 0) is 40.0 Å². The number of anilines is 1. The summed E-state index contributed by atoms with van der Waals surface area (Å²) < 4.78 is 0.857. The van der Waals surface area contributed by atoms with Crippen LogP contribution in [0.5, 0.6) is 0 Å². The summed E-state index contributed by atoms with van der Waals surface area (Å²) in [6, 6.07) is 4.28. The number of fused-ring (bicyclic) bond motifs is 1. The zero-order chi connectivity index (χ0) is 24.0. The van der Waals surface area contributed by atoms with Crippen LogP contribution in [0.15, 0.2) is 35.1 Å². The second-order valence-corrected chi connectivity index (χ2v) is 9.80. The first kappa shape index (κ1) is 22.9. The highest BCUT2D eigenvalue weighted by Gasteiger charge is 2.44. The van der Waals surface area contributed by atoms with E-state index in [1.54, 1.807) is 24.5 Å². The van der Waals surface area contributed by atoms with E-state index in [0.29, 0.717) is 22.7 Å². The van der Waals surface area contributed by atoms with Gasteiger partial charge in [-0.2, -0.15) is 0 Å². The van der Waals surface area contributed by atoms with Gasteiger partial charge in [0.1, 0.15) is 6.04 Å². The number of halogens is 2. The molecule has 9 nitrogen and oxygen atoms in total. The number of nitrogens with one attached hydrogen (secondary N) is 1. The Morgan fingerprint density at radius 1 is 1.03 bits per heavy atom. The van der Waals surface area contributed by atoms with Crippen molar-refractivity contribution in [2.24, 2.45) is 0 Å². The average molecular weight is 547 g/mol. The molecule has 11 heteroatoms. The number of hydrogen-bond donors (Lipinski definition) is 1. The van der Waals surface area contributed by atoms with Crippen LogP contribution < -0.4 is 10.2 Å². The van der Waals surface area contributed by atoms with E-state index < -0.39 is 23.8 Å². The van der Waals surface area contributed by atoms with Crippen molar-refractivity contribution in [3.8, 4) is 0 Å². The Morgan fingerprint density at radius 2 is 1.76 bits per heavy atom. The van der Waals surface area contributed by atoms with Crippen LogP contribution in [0.25, 0.3) is 0 Å². The quantitative estimate of drug-likeness (QED) is 0.587. The Hall–Kier alpha value is -2.82. The third-order valence-corrected chi connectivity index (χ3v) is 7.28. The number of aromatic nitrogens is 1. The van der Waals surface area contributed by atoms with Crippen molar-refractivity contribution in [1.82, 2.24) is 20.1 Å². The maximum Gasteiger partial charge on any atom is 0.262 e. The Kier molecular flexibility index (Phi) is 6.13. The highest BCUT2D eigenvalue weighted by Crippen LogP contribution is 2.34. The molecule has 2 fully saturated rings. The summed E-state index contributed by atoms with van der Waals surface area (Å²) in [7, 11) is 0. The standard InChI is InChI=1S/C23H21BrClN5O4/c24-16-10-26-11-17(25)20(16)29-7-5-28(6-8-29)12-13-1-2-14-15(9-13)23(34)30(22(14)33)18-3-4-19(31)27-21(18)32/h1-2,9-11,18H,3-8,12H2,(H,27,31,32). The Labute approximate surface area is 209 Å². The number of rotatable bonds is 4. The number of imide groups is 2. The van der Waals surface area contributed by atoms with Crippen LogP contribution in [0, 0.1) is 0 Å². The van der Waals surface area contributed by atoms with E-state index >= 15 is 0 Å². The molecular formula is C23H21BrClN5O4. The molecule has 0 spiro atoms. The van der Waals surface area contributed by atoms with Crippen molar-refractivity contribution in [3.05, 3.63) is 56.8 Å². The van der Waals surface area contributed by atoms with Gasteiger partial charge < -0.3 is 4.90 Å². The van der Waals surface area contributed by atoms with Crippen molar-refractivity contribution in [2.45, 2.75) is 25.4 Å². The molecule has 2 aromatic rings. The second kappa shape index (κ2) is 9.09. The number of benzene rings is 1. The minimum atomic E-state index is -0.957. The molecule has 0 saturated carbocycles. The Balaban J connectivity index is 1.26. The molecule has 1 atom stereocenters. The fourth-order valence-corrected chi connectivity index (χ4v) is 5.69. The minimum absolute atomic E-state index is 0.0995. The van der Waals surface area contributed by atoms with Gasteiger partial charge in [0.2, 0.25) is 11.8 Å². The van der Waals surface area contributed by atoms with Gasteiger partial charge in [0, 0.05) is 51.5 Å². The number of piperazine rings is 1. The molecule has 0 aliphatic carbocycles. The maximum absolute atomic E-state index is 13.0. The highest BCUT2D eigenvalue weighted by molar-refractivity contribution is 9.10. The van der Waals surface area contributed by atoms with Crippen molar-refractivity contribution in [2.75, 3.05) is 31.1 Å². The summed E-state index contributed by atoms with van der Waals surface area (Å²) in [4.78, 5) is 59.1. The monoisotopic (exact) mass is 545 g/mol. The molecule has 4 amide bonds. The summed E-state index contributed by atoms with van der Waals surface area (Å²) in [6.45, 7) is 3.81. The smallest absolute Gasteiger partial charge is 0.262 e. The Bertz CT molecular complexity index is 1190. The van der Waals surface area contributed by atoms with E-state index in [1.165, 1.54) is 0 Å². The fourth-order valence-electron chi connectivity index (χ4n) is 4.71. The molecule has 3 aliphatic rings. The van der Waals surface area contributed by atoms with Gasteiger partial charge in [0.15, 0.2) is 0 Å². The predicted octanol–water partition coefficient (Wildman–Crippen LogP) is 2.22. The van der Waals surface area contributed by atoms with E-state index in [2.05, 4.69) is 36.0 Å². The largest absolute Gasteiger partial charge is 0.367 e. The molecule has 2 saturated heterocycles. The molecule has 4 heterocycles.